The summed E-state index contributed by atoms with van der Waals surface area (Å²) in [5, 5.41) is 2.65. The minimum atomic E-state index is -0.453. The molecule has 0 bridgehead atoms. The standard InChI is InChI=1S/C18H23FN2O4.C2H6/c1-11(2)25-18(23)21-5-3-12(4-6-21)7-13-8-14(19)17-15(9-13)20-16(22)10-24-17;1-2/h8-9,11-12H,3-7,10H2,1-2H3,(H,20,22);1-2H3. The molecule has 0 atom stereocenters. The lowest BCUT2D eigenvalue weighted by Gasteiger charge is -2.32. The first-order chi connectivity index (χ1) is 12.9. The van der Waals surface area contributed by atoms with Crippen LogP contribution in [-0.4, -0.2) is 42.7 Å². The average Bonchev–Trinajstić information content (AvgIpc) is 2.63. The molecule has 2 aliphatic rings. The minimum absolute atomic E-state index is 0.106. The van der Waals surface area contributed by atoms with Gasteiger partial charge in [0.2, 0.25) is 0 Å². The fourth-order valence-corrected chi connectivity index (χ4v) is 3.26. The van der Waals surface area contributed by atoms with Gasteiger partial charge in [-0.25, -0.2) is 9.18 Å². The highest BCUT2D eigenvalue weighted by molar-refractivity contribution is 5.95. The largest absolute Gasteiger partial charge is 0.478 e. The number of halogens is 1. The zero-order valence-corrected chi connectivity index (χ0v) is 16.5. The van der Waals surface area contributed by atoms with E-state index in [1.54, 1.807) is 11.0 Å². The van der Waals surface area contributed by atoms with Crippen LogP contribution in [0.4, 0.5) is 14.9 Å². The Bertz CT molecular complexity index is 670. The first-order valence-electron chi connectivity index (χ1n) is 9.63. The average molecular weight is 380 g/mol. The third kappa shape index (κ3) is 5.58. The van der Waals surface area contributed by atoms with Gasteiger partial charge in [0.25, 0.3) is 5.91 Å². The maximum absolute atomic E-state index is 14.2. The molecule has 2 amide bonds. The van der Waals surface area contributed by atoms with Crippen LogP contribution in [0.1, 0.15) is 46.1 Å². The number of hydrogen-bond acceptors (Lipinski definition) is 4. The zero-order chi connectivity index (χ0) is 20.0. The van der Waals surface area contributed by atoms with Gasteiger partial charge in [0.15, 0.2) is 18.2 Å². The van der Waals surface area contributed by atoms with Crippen molar-refractivity contribution >= 4 is 17.7 Å². The van der Waals surface area contributed by atoms with Crippen molar-refractivity contribution in [1.82, 2.24) is 4.90 Å². The molecule has 27 heavy (non-hydrogen) atoms. The van der Waals surface area contributed by atoms with Gasteiger partial charge in [-0.15, -0.1) is 0 Å². The molecule has 1 aromatic rings. The number of rotatable bonds is 3. The summed E-state index contributed by atoms with van der Waals surface area (Å²) in [7, 11) is 0. The number of carbonyl (C=O) groups excluding carboxylic acids is 2. The number of benzene rings is 1. The summed E-state index contributed by atoms with van der Waals surface area (Å²) in [5.74, 6) is -0.262. The van der Waals surface area contributed by atoms with Gasteiger partial charge < -0.3 is 19.7 Å². The normalized spacial score (nSPS) is 16.7. The zero-order valence-electron chi connectivity index (χ0n) is 16.5. The summed E-state index contributed by atoms with van der Waals surface area (Å²) < 4.78 is 24.5. The second-order valence-electron chi connectivity index (χ2n) is 6.86. The van der Waals surface area contributed by atoms with E-state index in [1.807, 2.05) is 27.7 Å². The Kier molecular flexibility index (Phi) is 7.45. The maximum Gasteiger partial charge on any atom is 0.410 e. The van der Waals surface area contributed by atoms with Crippen LogP contribution >= 0.6 is 0 Å². The molecule has 1 fully saturated rings. The molecule has 1 saturated heterocycles. The molecule has 3 rings (SSSR count). The SMILES string of the molecule is CC.CC(C)OC(=O)N1CCC(Cc2cc(F)c3c(c2)NC(=O)CO3)CC1. The molecule has 0 unspecified atom stereocenters. The number of nitrogens with one attached hydrogen (secondary N) is 1. The van der Waals surface area contributed by atoms with Crippen LogP contribution < -0.4 is 10.1 Å². The van der Waals surface area contributed by atoms with Crippen LogP contribution in [-0.2, 0) is 16.0 Å². The quantitative estimate of drug-likeness (QED) is 0.861. The molecule has 1 aromatic carbocycles. The van der Waals surface area contributed by atoms with E-state index in [1.165, 1.54) is 6.07 Å². The van der Waals surface area contributed by atoms with Crippen molar-refractivity contribution in [3.63, 3.8) is 0 Å². The predicted molar refractivity (Wildman–Crippen MR) is 101 cm³/mol. The summed E-state index contributed by atoms with van der Waals surface area (Å²) in [5.41, 5.74) is 1.22. The van der Waals surface area contributed by atoms with Gasteiger partial charge in [0.05, 0.1) is 11.8 Å². The molecule has 0 aromatic heterocycles. The number of amides is 2. The van der Waals surface area contributed by atoms with Gasteiger partial charge in [-0.2, -0.15) is 0 Å². The van der Waals surface area contributed by atoms with Gasteiger partial charge >= 0.3 is 6.09 Å². The maximum atomic E-state index is 14.2. The smallest absolute Gasteiger partial charge is 0.410 e. The van der Waals surface area contributed by atoms with Crippen molar-refractivity contribution in [3.05, 3.63) is 23.5 Å². The van der Waals surface area contributed by atoms with E-state index >= 15 is 0 Å². The Labute approximate surface area is 160 Å². The number of piperidine rings is 1. The van der Waals surface area contributed by atoms with Crippen molar-refractivity contribution < 1.29 is 23.5 Å². The molecule has 2 heterocycles. The monoisotopic (exact) mass is 380 g/mol. The first kappa shape index (κ1) is 21.0. The van der Waals surface area contributed by atoms with E-state index in [9.17, 15) is 14.0 Å². The number of fused-ring (bicyclic) bond motifs is 1. The van der Waals surface area contributed by atoms with Crippen LogP contribution in [0.15, 0.2) is 12.1 Å². The van der Waals surface area contributed by atoms with E-state index in [-0.39, 0.29) is 30.5 Å². The summed E-state index contributed by atoms with van der Waals surface area (Å²) in [6.07, 6.45) is 1.99. The highest BCUT2D eigenvalue weighted by atomic mass is 19.1. The van der Waals surface area contributed by atoms with Crippen LogP contribution in [0.5, 0.6) is 5.75 Å². The van der Waals surface area contributed by atoms with E-state index < -0.39 is 5.82 Å². The molecule has 7 heteroatoms. The van der Waals surface area contributed by atoms with Crippen molar-refractivity contribution in [1.29, 1.82) is 0 Å². The molecule has 0 saturated carbocycles. The van der Waals surface area contributed by atoms with Crippen LogP contribution in [0.25, 0.3) is 0 Å². The Morgan fingerprint density at radius 3 is 2.63 bits per heavy atom. The van der Waals surface area contributed by atoms with Gasteiger partial charge in [0.1, 0.15) is 0 Å². The molecule has 1 N–H and O–H groups in total. The lowest BCUT2D eigenvalue weighted by atomic mass is 9.90. The Morgan fingerprint density at radius 1 is 1.33 bits per heavy atom. The van der Waals surface area contributed by atoms with Crippen molar-refractivity contribution in [2.75, 3.05) is 25.0 Å². The molecular formula is C20H29FN2O4. The Balaban J connectivity index is 0.00000126. The fourth-order valence-electron chi connectivity index (χ4n) is 3.26. The number of hydrogen-bond donors (Lipinski definition) is 1. The number of likely N-dealkylation sites (tertiary alicyclic amines) is 1. The lowest BCUT2D eigenvalue weighted by molar-refractivity contribution is -0.118. The second-order valence-corrected chi connectivity index (χ2v) is 6.86. The molecule has 0 radical (unpaired) electrons. The molecule has 0 spiro atoms. The van der Waals surface area contributed by atoms with Crippen LogP contribution in [0.2, 0.25) is 0 Å². The summed E-state index contributed by atoms with van der Waals surface area (Å²) in [4.78, 5) is 25.0. The number of ether oxygens (including phenoxy) is 2. The third-order valence-corrected chi connectivity index (χ3v) is 4.46. The van der Waals surface area contributed by atoms with Crippen molar-refractivity contribution in [3.8, 4) is 5.75 Å². The third-order valence-electron chi connectivity index (χ3n) is 4.46. The fraction of sp³-hybridized carbons (Fsp3) is 0.600. The molecular weight excluding hydrogens is 351 g/mol. The first-order valence-corrected chi connectivity index (χ1v) is 9.63. The van der Waals surface area contributed by atoms with Crippen molar-refractivity contribution in [2.45, 2.75) is 53.1 Å². The van der Waals surface area contributed by atoms with E-state index in [0.717, 1.165) is 18.4 Å². The van der Waals surface area contributed by atoms with Gasteiger partial charge in [-0.05, 0) is 56.7 Å². The Morgan fingerprint density at radius 2 is 2.00 bits per heavy atom. The molecule has 150 valence electrons. The van der Waals surface area contributed by atoms with E-state index in [2.05, 4.69) is 5.32 Å². The topological polar surface area (TPSA) is 67.9 Å². The van der Waals surface area contributed by atoms with Gasteiger partial charge in [0, 0.05) is 13.1 Å². The van der Waals surface area contributed by atoms with Gasteiger partial charge in [-0.1, -0.05) is 13.8 Å². The van der Waals surface area contributed by atoms with Crippen LogP contribution in [0, 0.1) is 11.7 Å². The summed E-state index contributed by atoms with van der Waals surface area (Å²) in [6.45, 7) is 8.79. The Hall–Kier alpha value is -2.31. The highest BCUT2D eigenvalue weighted by Crippen LogP contribution is 2.33. The highest BCUT2D eigenvalue weighted by Gasteiger charge is 2.26. The summed E-state index contributed by atoms with van der Waals surface area (Å²) >= 11 is 0. The second kappa shape index (κ2) is 9.58. The summed E-state index contributed by atoms with van der Waals surface area (Å²) in [6, 6.07) is 3.24. The predicted octanol–water partition coefficient (Wildman–Crippen LogP) is 3.98. The molecule has 0 aliphatic carbocycles. The molecule has 6 nitrogen and oxygen atoms in total. The number of anilines is 1. The lowest BCUT2D eigenvalue weighted by Crippen LogP contribution is -2.40. The number of nitrogens with zero attached hydrogens (tertiary/aromatic N) is 1. The van der Waals surface area contributed by atoms with E-state index in [4.69, 9.17) is 9.47 Å². The molecule has 2 aliphatic heterocycles. The van der Waals surface area contributed by atoms with Gasteiger partial charge in [-0.3, -0.25) is 4.79 Å². The number of carbonyl (C=O) groups is 2. The van der Waals surface area contributed by atoms with Crippen molar-refractivity contribution in [2.24, 2.45) is 5.92 Å². The van der Waals surface area contributed by atoms with E-state index in [0.29, 0.717) is 31.1 Å². The minimum Gasteiger partial charge on any atom is -0.478 e. The van der Waals surface area contributed by atoms with Crippen LogP contribution in [0.3, 0.4) is 0 Å².